The van der Waals surface area contributed by atoms with Gasteiger partial charge in [0.25, 0.3) is 0 Å². The van der Waals surface area contributed by atoms with Crippen LogP contribution in [0, 0.1) is 0 Å². The number of benzene rings is 1. The molecule has 16 heavy (non-hydrogen) atoms. The van der Waals surface area contributed by atoms with E-state index in [0.717, 1.165) is 11.3 Å². The largest absolute Gasteiger partial charge is 0.496 e. The number of ether oxygens (including phenoxy) is 1. The molecule has 0 saturated heterocycles. The maximum absolute atomic E-state index is 5.93. The predicted octanol–water partition coefficient (Wildman–Crippen LogP) is 3.02. The lowest BCUT2D eigenvalue weighted by molar-refractivity contribution is 0.408. The second kappa shape index (κ2) is 5.77. The van der Waals surface area contributed by atoms with Crippen LogP contribution in [0.2, 0.25) is 5.02 Å². The summed E-state index contributed by atoms with van der Waals surface area (Å²) in [5.74, 6) is 0.841. The zero-order valence-corrected chi connectivity index (χ0v) is 10.3. The van der Waals surface area contributed by atoms with Crippen LogP contribution < -0.4 is 4.74 Å². The Hall–Kier alpha value is -1.19. The summed E-state index contributed by atoms with van der Waals surface area (Å²) in [6.07, 6.45) is 5.41. The molecule has 0 aliphatic heterocycles. The molecule has 0 saturated carbocycles. The number of imidazole rings is 1. The zero-order valence-electron chi connectivity index (χ0n) is 8.76. The first-order chi connectivity index (χ1) is 7.29. The first kappa shape index (κ1) is 12.9. The summed E-state index contributed by atoms with van der Waals surface area (Å²) in [6.45, 7) is 0.712. The van der Waals surface area contributed by atoms with Crippen molar-refractivity contribution in [1.29, 1.82) is 0 Å². The van der Waals surface area contributed by atoms with Crippen molar-refractivity contribution >= 4 is 24.0 Å². The van der Waals surface area contributed by atoms with E-state index in [1.54, 1.807) is 19.6 Å². The van der Waals surface area contributed by atoms with Crippen LogP contribution in [0.1, 0.15) is 5.56 Å². The van der Waals surface area contributed by atoms with Crippen molar-refractivity contribution in [2.75, 3.05) is 7.11 Å². The molecule has 1 heterocycles. The van der Waals surface area contributed by atoms with Gasteiger partial charge in [-0.05, 0) is 18.2 Å². The molecule has 3 nitrogen and oxygen atoms in total. The Balaban J connectivity index is 0.00000128. The minimum Gasteiger partial charge on any atom is -0.496 e. The van der Waals surface area contributed by atoms with Gasteiger partial charge in [-0.25, -0.2) is 4.98 Å². The Morgan fingerprint density at radius 1 is 1.44 bits per heavy atom. The lowest BCUT2D eigenvalue weighted by atomic mass is 10.2. The minimum atomic E-state index is 0. The molecule has 5 heteroatoms. The van der Waals surface area contributed by atoms with Crippen LogP contribution in [0.5, 0.6) is 5.75 Å². The van der Waals surface area contributed by atoms with E-state index in [4.69, 9.17) is 16.3 Å². The van der Waals surface area contributed by atoms with Crippen molar-refractivity contribution in [1.82, 2.24) is 9.55 Å². The highest BCUT2D eigenvalue weighted by Gasteiger charge is 2.04. The monoisotopic (exact) mass is 258 g/mol. The molecule has 0 spiro atoms. The Bertz CT molecular complexity index is 443. The Morgan fingerprint density at radius 3 is 2.88 bits per heavy atom. The quantitative estimate of drug-likeness (QED) is 0.847. The standard InChI is InChI=1S/C11H11ClN2O.ClH/c1-15-11-3-2-10(12)6-9(11)7-14-5-4-13-8-14;/h2-6,8H,7H2,1H3;1H. The van der Waals surface area contributed by atoms with Crippen LogP contribution in [0.4, 0.5) is 0 Å². The summed E-state index contributed by atoms with van der Waals surface area (Å²) in [4.78, 5) is 3.99. The Morgan fingerprint density at radius 2 is 2.25 bits per heavy atom. The highest BCUT2D eigenvalue weighted by molar-refractivity contribution is 6.30. The van der Waals surface area contributed by atoms with Crippen molar-refractivity contribution in [3.63, 3.8) is 0 Å². The van der Waals surface area contributed by atoms with E-state index in [2.05, 4.69) is 4.98 Å². The molecule has 0 aliphatic carbocycles. The van der Waals surface area contributed by atoms with Gasteiger partial charge in [0.05, 0.1) is 20.0 Å². The third-order valence-electron chi connectivity index (χ3n) is 2.15. The number of rotatable bonds is 3. The first-order valence-corrected chi connectivity index (χ1v) is 4.95. The van der Waals surface area contributed by atoms with Gasteiger partial charge in [-0.3, -0.25) is 0 Å². The van der Waals surface area contributed by atoms with E-state index in [1.807, 2.05) is 29.0 Å². The second-order valence-electron chi connectivity index (χ2n) is 3.19. The molecular formula is C11H12Cl2N2O. The molecule has 0 radical (unpaired) electrons. The Labute approximate surface area is 105 Å². The summed E-state index contributed by atoms with van der Waals surface area (Å²) < 4.78 is 7.22. The van der Waals surface area contributed by atoms with Crippen molar-refractivity contribution in [2.45, 2.75) is 6.54 Å². The maximum atomic E-state index is 5.93. The highest BCUT2D eigenvalue weighted by Crippen LogP contribution is 2.23. The molecule has 0 bridgehead atoms. The average molecular weight is 259 g/mol. The van der Waals surface area contributed by atoms with E-state index < -0.39 is 0 Å². The third kappa shape index (κ3) is 2.90. The van der Waals surface area contributed by atoms with Crippen LogP contribution in [-0.2, 0) is 6.54 Å². The van der Waals surface area contributed by atoms with E-state index in [9.17, 15) is 0 Å². The normalized spacial score (nSPS) is 9.62. The van der Waals surface area contributed by atoms with E-state index in [-0.39, 0.29) is 12.4 Å². The highest BCUT2D eigenvalue weighted by atomic mass is 35.5. The maximum Gasteiger partial charge on any atom is 0.123 e. The van der Waals surface area contributed by atoms with Crippen molar-refractivity contribution < 1.29 is 4.74 Å². The van der Waals surface area contributed by atoms with Crippen LogP contribution in [0.3, 0.4) is 0 Å². The van der Waals surface area contributed by atoms with Crippen LogP contribution in [0.25, 0.3) is 0 Å². The fourth-order valence-corrected chi connectivity index (χ4v) is 1.64. The molecule has 0 unspecified atom stereocenters. The topological polar surface area (TPSA) is 27.1 Å². The van der Waals surface area contributed by atoms with Gasteiger partial charge in [-0.1, -0.05) is 11.6 Å². The Kier molecular flexibility index (Phi) is 4.65. The minimum absolute atomic E-state index is 0. The fraction of sp³-hybridized carbons (Fsp3) is 0.182. The van der Waals surface area contributed by atoms with E-state index >= 15 is 0 Å². The molecule has 86 valence electrons. The lowest BCUT2D eigenvalue weighted by Crippen LogP contribution is -1.99. The number of nitrogens with zero attached hydrogens (tertiary/aromatic N) is 2. The third-order valence-corrected chi connectivity index (χ3v) is 2.39. The number of hydrogen-bond acceptors (Lipinski definition) is 2. The summed E-state index contributed by atoms with van der Waals surface area (Å²) in [6, 6.07) is 5.59. The van der Waals surface area contributed by atoms with Gasteiger partial charge in [0.1, 0.15) is 5.75 Å². The van der Waals surface area contributed by atoms with Crippen molar-refractivity contribution in [3.05, 3.63) is 47.5 Å². The molecule has 0 fully saturated rings. The molecule has 0 N–H and O–H groups in total. The molecule has 0 atom stereocenters. The number of halogens is 2. The molecule has 0 aliphatic rings. The summed E-state index contributed by atoms with van der Waals surface area (Å²) in [5.41, 5.74) is 1.04. The second-order valence-corrected chi connectivity index (χ2v) is 3.63. The van der Waals surface area contributed by atoms with Gasteiger partial charge in [-0.15, -0.1) is 12.4 Å². The van der Waals surface area contributed by atoms with Crippen LogP contribution in [-0.4, -0.2) is 16.7 Å². The smallest absolute Gasteiger partial charge is 0.123 e. The van der Waals surface area contributed by atoms with Crippen LogP contribution >= 0.6 is 24.0 Å². The molecule has 2 aromatic rings. The van der Waals surface area contributed by atoms with Gasteiger partial charge in [-0.2, -0.15) is 0 Å². The number of aromatic nitrogens is 2. The molecule has 1 aromatic carbocycles. The van der Waals surface area contributed by atoms with Gasteiger partial charge in [0.15, 0.2) is 0 Å². The molecule has 1 aromatic heterocycles. The van der Waals surface area contributed by atoms with E-state index in [0.29, 0.717) is 11.6 Å². The summed E-state index contributed by atoms with van der Waals surface area (Å²) in [7, 11) is 1.65. The average Bonchev–Trinajstić information content (AvgIpc) is 2.71. The number of hydrogen-bond donors (Lipinski definition) is 0. The molecular weight excluding hydrogens is 247 g/mol. The van der Waals surface area contributed by atoms with E-state index in [1.165, 1.54) is 0 Å². The summed E-state index contributed by atoms with van der Waals surface area (Å²) >= 11 is 5.93. The predicted molar refractivity (Wildman–Crippen MR) is 66.6 cm³/mol. The SMILES string of the molecule is COc1ccc(Cl)cc1Cn1ccnc1.Cl. The summed E-state index contributed by atoms with van der Waals surface area (Å²) in [5, 5.41) is 0.714. The van der Waals surface area contributed by atoms with Gasteiger partial charge in [0, 0.05) is 23.0 Å². The zero-order chi connectivity index (χ0) is 10.7. The van der Waals surface area contributed by atoms with Crippen molar-refractivity contribution in [3.8, 4) is 5.75 Å². The molecule has 0 amide bonds. The van der Waals surface area contributed by atoms with Gasteiger partial charge < -0.3 is 9.30 Å². The fourth-order valence-electron chi connectivity index (χ4n) is 1.45. The van der Waals surface area contributed by atoms with Gasteiger partial charge >= 0.3 is 0 Å². The number of methoxy groups -OCH3 is 1. The van der Waals surface area contributed by atoms with Gasteiger partial charge in [0.2, 0.25) is 0 Å². The van der Waals surface area contributed by atoms with Crippen molar-refractivity contribution in [2.24, 2.45) is 0 Å². The molecule has 2 rings (SSSR count). The lowest BCUT2D eigenvalue weighted by Gasteiger charge is -2.09. The first-order valence-electron chi connectivity index (χ1n) is 4.58. The van der Waals surface area contributed by atoms with Crippen LogP contribution in [0.15, 0.2) is 36.9 Å².